The monoisotopic (exact) mass is 1130 g/mol. The molecule has 0 aliphatic heterocycles. The highest BCUT2D eigenvalue weighted by Gasteiger charge is 2.40. The number of carbonyl (C=O) groups is 5. The Bertz CT molecular complexity index is 3320. The van der Waals surface area contributed by atoms with E-state index < -0.39 is 64.3 Å². The smallest absolute Gasteiger partial charge is 0.407 e. The van der Waals surface area contributed by atoms with E-state index >= 15 is 9.59 Å². The fraction of sp³-hybridized carbons (Fsp3) is 0.221. The average molecular weight is 1130 g/mol. The molecule has 0 saturated carbocycles. The Morgan fingerprint density at radius 1 is 0.488 bits per heavy atom. The molecule has 0 heterocycles. The third-order valence-electron chi connectivity index (χ3n) is 14.3. The molecule has 8 aromatic carbocycles. The molecule has 418 valence electrons. The Morgan fingerprint density at radius 2 is 0.878 bits per heavy atom. The molecule has 1 aliphatic carbocycles. The highest BCUT2D eigenvalue weighted by molar-refractivity contribution is 8.00. The molecule has 5 N–H and O–H groups in total. The molecular weight excluding hydrogens is 1070 g/mol. The van der Waals surface area contributed by atoms with Crippen molar-refractivity contribution in [2.45, 2.75) is 80.5 Å². The van der Waals surface area contributed by atoms with E-state index in [4.69, 9.17) is 21.1 Å². The number of rotatable bonds is 23. The first-order valence-electron chi connectivity index (χ1n) is 27.3. The number of hydrogen-bond donors (Lipinski definition) is 5. The lowest BCUT2D eigenvalue weighted by Crippen LogP contribution is -2.59. The number of amides is 4. The van der Waals surface area contributed by atoms with Gasteiger partial charge in [0, 0.05) is 36.0 Å². The molecule has 82 heavy (non-hydrogen) atoms. The quantitative estimate of drug-likeness (QED) is 0.0391. The second-order valence-electron chi connectivity index (χ2n) is 21.2. The summed E-state index contributed by atoms with van der Waals surface area (Å²) in [5.74, 6) is -3.20. The zero-order valence-electron chi connectivity index (χ0n) is 45.8. The van der Waals surface area contributed by atoms with Crippen LogP contribution in [0.4, 0.5) is 4.79 Å². The first kappa shape index (κ1) is 58.0. The zero-order valence-corrected chi connectivity index (χ0v) is 47.4. The van der Waals surface area contributed by atoms with Crippen molar-refractivity contribution in [1.82, 2.24) is 21.3 Å². The van der Waals surface area contributed by atoms with Gasteiger partial charge in [-0.2, -0.15) is 0 Å². The van der Waals surface area contributed by atoms with Gasteiger partial charge in [0.15, 0.2) is 0 Å². The van der Waals surface area contributed by atoms with Crippen LogP contribution >= 0.6 is 23.4 Å². The van der Waals surface area contributed by atoms with Crippen LogP contribution < -0.4 is 26.0 Å². The number of carbonyl (C=O) groups excluding carboxylic acids is 4. The van der Waals surface area contributed by atoms with Gasteiger partial charge in [0.25, 0.3) is 0 Å². The minimum atomic E-state index is -1.39. The Balaban J connectivity index is 1.07. The first-order chi connectivity index (χ1) is 39.6. The van der Waals surface area contributed by atoms with Crippen LogP contribution in [0.1, 0.15) is 71.2 Å². The lowest BCUT2D eigenvalue weighted by molar-refractivity contribution is -0.142. The summed E-state index contributed by atoms with van der Waals surface area (Å²) in [6, 6.07) is 63.1. The summed E-state index contributed by atoms with van der Waals surface area (Å²) in [6.45, 7) is 5.78. The van der Waals surface area contributed by atoms with Crippen LogP contribution in [0, 0.1) is 0 Å². The molecule has 0 bridgehead atoms. The summed E-state index contributed by atoms with van der Waals surface area (Å²) in [5.41, 5.74) is 8.34. The summed E-state index contributed by atoms with van der Waals surface area (Å²) < 4.78 is 11.1. The lowest BCUT2D eigenvalue weighted by Gasteiger charge is -2.37. The minimum absolute atomic E-state index is 0.0127. The summed E-state index contributed by atoms with van der Waals surface area (Å²) in [4.78, 5) is 72.5. The van der Waals surface area contributed by atoms with Crippen molar-refractivity contribution in [3.8, 4) is 16.9 Å². The summed E-state index contributed by atoms with van der Waals surface area (Å²) in [7, 11) is 0. The Hall–Kier alpha value is -8.65. The van der Waals surface area contributed by atoms with E-state index in [1.807, 2.05) is 166 Å². The second kappa shape index (κ2) is 26.7. The SMILES string of the molecule is CC(C)(C)Oc1ccc(C[C@H](NC(=O)[C@@H](CSC(c2ccccc2)(c2ccccc2)c2ccccc2)NC(=O)[C@H](Cc2ccc(Cl)cc2)NC(=O)OCC2c3ccccc3-c3ccccc32)C(=O)N[C@H](Cc2ccccc2)C(=O)O)cc1. The number of fused-ring (bicyclic) bond motifs is 3. The topological polar surface area (TPSA) is 172 Å². The van der Waals surface area contributed by atoms with Gasteiger partial charge < -0.3 is 35.8 Å². The molecule has 0 fully saturated rings. The average Bonchev–Trinajstić information content (AvgIpc) is 3.65. The van der Waals surface area contributed by atoms with E-state index in [1.165, 1.54) is 11.8 Å². The van der Waals surface area contributed by atoms with Crippen molar-refractivity contribution in [3.05, 3.63) is 268 Å². The van der Waals surface area contributed by atoms with Gasteiger partial charge in [0.1, 0.15) is 42.1 Å². The third kappa shape index (κ3) is 14.6. The Labute approximate surface area is 488 Å². The van der Waals surface area contributed by atoms with Gasteiger partial charge in [-0.15, -0.1) is 11.8 Å². The number of hydrogen-bond acceptors (Lipinski definition) is 8. The number of carboxylic acid groups (broad SMARTS) is 1. The number of carboxylic acids is 1. The van der Waals surface area contributed by atoms with Crippen LogP contribution in [-0.2, 0) is 47.9 Å². The van der Waals surface area contributed by atoms with Gasteiger partial charge in [-0.05, 0) is 101 Å². The molecule has 12 nitrogen and oxygen atoms in total. The molecule has 0 unspecified atom stereocenters. The second-order valence-corrected chi connectivity index (χ2v) is 22.9. The summed E-state index contributed by atoms with van der Waals surface area (Å²) >= 11 is 7.74. The van der Waals surface area contributed by atoms with Gasteiger partial charge in [0.05, 0.1) is 4.75 Å². The van der Waals surface area contributed by atoms with E-state index in [2.05, 4.69) is 21.3 Å². The maximum absolute atomic E-state index is 15.5. The molecule has 0 aromatic heterocycles. The van der Waals surface area contributed by atoms with E-state index in [0.717, 1.165) is 38.9 Å². The van der Waals surface area contributed by atoms with Gasteiger partial charge in [0.2, 0.25) is 17.7 Å². The highest BCUT2D eigenvalue weighted by Crippen LogP contribution is 2.49. The maximum atomic E-state index is 15.5. The van der Waals surface area contributed by atoms with Gasteiger partial charge in [-0.3, -0.25) is 14.4 Å². The molecule has 0 radical (unpaired) electrons. The maximum Gasteiger partial charge on any atom is 0.407 e. The van der Waals surface area contributed by atoms with Crippen LogP contribution in [-0.4, -0.2) is 77.0 Å². The predicted octanol–water partition coefficient (Wildman–Crippen LogP) is 11.7. The number of nitrogens with one attached hydrogen (secondary N) is 4. The first-order valence-corrected chi connectivity index (χ1v) is 28.6. The normalized spacial score (nSPS) is 13.5. The summed E-state index contributed by atoms with van der Waals surface area (Å²) in [5, 5.41) is 22.5. The number of alkyl carbamates (subject to hydrolysis) is 1. The molecule has 4 atom stereocenters. The highest BCUT2D eigenvalue weighted by atomic mass is 35.5. The molecule has 1 aliphatic rings. The van der Waals surface area contributed by atoms with E-state index in [-0.39, 0.29) is 37.5 Å². The van der Waals surface area contributed by atoms with Gasteiger partial charge >= 0.3 is 12.1 Å². The van der Waals surface area contributed by atoms with Crippen LogP contribution in [0.3, 0.4) is 0 Å². The van der Waals surface area contributed by atoms with Crippen molar-refractivity contribution < 1.29 is 38.6 Å². The number of thioether (sulfide) groups is 1. The van der Waals surface area contributed by atoms with Crippen molar-refractivity contribution in [1.29, 1.82) is 0 Å². The largest absolute Gasteiger partial charge is 0.488 e. The van der Waals surface area contributed by atoms with Crippen LogP contribution in [0.25, 0.3) is 11.1 Å². The standard InChI is InChI=1S/C68H65ClN4O8S/c1-67(2,3)81-52-38-34-47(35-39-52)40-58(62(74)71-60(65(77)78)42-45-20-8-4-9-21-45)70-64(76)61(44-82-68(48-22-10-5-11-23-48,49-24-12-6-13-25-49)50-26-14-7-15-27-50)72-63(75)59(41-46-32-36-51(69)37-33-46)73-66(79)80-43-57-55-30-18-16-28-53(55)54-29-17-19-31-56(54)57/h4-39,57-61H,40-44H2,1-3H3,(H,70,76)(H,71,74)(H,72,75)(H,73,79)(H,77,78)/t58-,59-,60+,61+/m0/s1. The van der Waals surface area contributed by atoms with E-state index in [1.54, 1.807) is 72.8 Å². The van der Waals surface area contributed by atoms with Gasteiger partial charge in [-0.25, -0.2) is 9.59 Å². The number of aliphatic carboxylic acids is 1. The van der Waals surface area contributed by atoms with Crippen LogP contribution in [0.2, 0.25) is 5.02 Å². The molecule has 14 heteroatoms. The zero-order chi connectivity index (χ0) is 57.6. The lowest BCUT2D eigenvalue weighted by atomic mass is 9.84. The molecule has 9 rings (SSSR count). The fourth-order valence-corrected chi connectivity index (χ4v) is 12.1. The number of ether oxygens (including phenoxy) is 2. The molecule has 8 aromatic rings. The summed E-state index contributed by atoms with van der Waals surface area (Å²) in [6.07, 6.45) is -0.956. The molecule has 0 spiro atoms. The number of benzene rings is 8. The van der Waals surface area contributed by atoms with Gasteiger partial charge in [-0.1, -0.05) is 206 Å². The fourth-order valence-electron chi connectivity index (χ4n) is 10.4. The van der Waals surface area contributed by atoms with Crippen LogP contribution in [0.15, 0.2) is 218 Å². The molecular formula is C68H65ClN4O8S. The van der Waals surface area contributed by atoms with Crippen LogP contribution in [0.5, 0.6) is 5.75 Å². The third-order valence-corrected chi connectivity index (χ3v) is 16.2. The van der Waals surface area contributed by atoms with Crippen molar-refractivity contribution in [3.63, 3.8) is 0 Å². The molecule has 0 saturated heterocycles. The minimum Gasteiger partial charge on any atom is -0.488 e. The van der Waals surface area contributed by atoms with Crippen molar-refractivity contribution in [2.75, 3.05) is 12.4 Å². The van der Waals surface area contributed by atoms with E-state index in [9.17, 15) is 19.5 Å². The van der Waals surface area contributed by atoms with E-state index in [0.29, 0.717) is 27.5 Å². The van der Waals surface area contributed by atoms with Crippen molar-refractivity contribution in [2.24, 2.45) is 0 Å². The Kier molecular flexibility index (Phi) is 18.9. The number of halogens is 1. The molecule has 4 amide bonds. The Morgan fingerprint density at radius 3 is 1.37 bits per heavy atom. The van der Waals surface area contributed by atoms with Crippen molar-refractivity contribution >= 4 is 53.1 Å². The predicted molar refractivity (Wildman–Crippen MR) is 323 cm³/mol.